The van der Waals surface area contributed by atoms with Crippen LogP contribution in [0.15, 0.2) is 0 Å². The number of nitrogens with one attached hydrogen (secondary N) is 2. The quantitative estimate of drug-likeness (QED) is 0.495. The second-order valence-electron chi connectivity index (χ2n) is 1.21. The van der Waals surface area contributed by atoms with Crippen molar-refractivity contribution >= 4 is 0 Å². The zero-order valence-electron chi connectivity index (χ0n) is 4.41. The normalized spacial score (nSPS) is 7.71. The first-order chi connectivity index (χ1) is 2.91. The van der Waals surface area contributed by atoms with Crippen LogP contribution < -0.4 is 10.6 Å². The first kappa shape index (κ1) is 10.0. The van der Waals surface area contributed by atoms with Crippen molar-refractivity contribution in [1.29, 1.82) is 0 Å². The van der Waals surface area contributed by atoms with Crippen molar-refractivity contribution in [3.8, 4) is 0 Å². The maximum atomic E-state index is 3.01. The molecule has 2 nitrogen and oxygen atoms in total. The van der Waals surface area contributed by atoms with E-state index in [1.807, 2.05) is 14.1 Å². The fourth-order valence-corrected chi connectivity index (χ4v) is 0.250. The molecule has 0 saturated heterocycles. The Labute approximate surface area is 46.3 Å². The lowest BCUT2D eigenvalue weighted by atomic mass is 10.6. The molecular weight excluding hydrogens is 88.1 g/mol. The molecule has 46 valence electrons. The zero-order valence-corrected chi connectivity index (χ0v) is 4.41. The van der Waals surface area contributed by atoms with Gasteiger partial charge in [0.15, 0.2) is 0 Å². The van der Waals surface area contributed by atoms with Gasteiger partial charge < -0.3 is 10.6 Å². The Balaban J connectivity index is 0. The van der Waals surface area contributed by atoms with Gasteiger partial charge >= 0.3 is 0 Å². The van der Waals surface area contributed by atoms with Crippen molar-refractivity contribution in [1.82, 2.24) is 10.6 Å². The van der Waals surface area contributed by atoms with E-state index in [4.69, 9.17) is 0 Å². The lowest BCUT2D eigenvalue weighted by Crippen LogP contribution is -2.21. The Morgan fingerprint density at radius 1 is 1.00 bits per heavy atom. The summed E-state index contributed by atoms with van der Waals surface area (Å²) in [6.45, 7) is 2.10. The van der Waals surface area contributed by atoms with E-state index in [1.54, 1.807) is 0 Å². The molecule has 0 bridgehead atoms. The van der Waals surface area contributed by atoms with Gasteiger partial charge in [-0.25, -0.2) is 0 Å². The molecule has 2 heteroatoms. The highest BCUT2D eigenvalue weighted by Crippen LogP contribution is 1.45. The summed E-state index contributed by atoms with van der Waals surface area (Å²) in [7, 11) is 3.88. The maximum Gasteiger partial charge on any atom is 0.00736 e. The van der Waals surface area contributed by atoms with Crippen LogP contribution in [0.5, 0.6) is 0 Å². The molecule has 0 rings (SSSR count). The monoisotopic (exact) mass is 104 g/mol. The standard InChI is InChI=1S/C4H12N2.CH4/c1-5-3-4-6-2;/h5-6H,3-4H2,1-2H3;1H4. The van der Waals surface area contributed by atoms with E-state index in [9.17, 15) is 0 Å². The highest BCUT2D eigenvalue weighted by molar-refractivity contribution is 4.38. The average molecular weight is 104 g/mol. The van der Waals surface area contributed by atoms with E-state index in [2.05, 4.69) is 10.6 Å². The molecule has 0 saturated carbocycles. The van der Waals surface area contributed by atoms with E-state index >= 15 is 0 Å². The predicted octanol–water partition coefficient (Wildman–Crippen LogP) is 0.0613. The Hall–Kier alpha value is -0.0800. The third-order valence-electron chi connectivity index (χ3n) is 0.625. The fraction of sp³-hybridized carbons (Fsp3) is 1.00. The van der Waals surface area contributed by atoms with Crippen molar-refractivity contribution in [3.63, 3.8) is 0 Å². The number of likely N-dealkylation sites (N-methyl/N-ethyl adjacent to an activating group) is 2. The van der Waals surface area contributed by atoms with Crippen LogP contribution in [-0.4, -0.2) is 27.2 Å². The SMILES string of the molecule is C.CNCCNC. The molecule has 0 aromatic rings. The minimum absolute atomic E-state index is 0. The van der Waals surface area contributed by atoms with Crippen molar-refractivity contribution in [2.24, 2.45) is 0 Å². The molecule has 0 amide bonds. The first-order valence-corrected chi connectivity index (χ1v) is 2.21. The van der Waals surface area contributed by atoms with Gasteiger partial charge in [-0.1, -0.05) is 7.43 Å². The van der Waals surface area contributed by atoms with Crippen LogP contribution in [0.3, 0.4) is 0 Å². The molecule has 0 aliphatic heterocycles. The van der Waals surface area contributed by atoms with Gasteiger partial charge in [0.25, 0.3) is 0 Å². The van der Waals surface area contributed by atoms with Crippen LogP contribution in [0, 0.1) is 0 Å². The third-order valence-corrected chi connectivity index (χ3v) is 0.625. The summed E-state index contributed by atoms with van der Waals surface area (Å²) in [4.78, 5) is 0. The van der Waals surface area contributed by atoms with Gasteiger partial charge in [0.1, 0.15) is 0 Å². The summed E-state index contributed by atoms with van der Waals surface area (Å²) in [5.74, 6) is 0. The second kappa shape index (κ2) is 9.33. The Kier molecular flexibility index (Phi) is 13.3. The van der Waals surface area contributed by atoms with Crippen LogP contribution in [0.25, 0.3) is 0 Å². The second-order valence-corrected chi connectivity index (χ2v) is 1.21. The van der Waals surface area contributed by atoms with Crippen molar-refractivity contribution in [3.05, 3.63) is 0 Å². The molecule has 2 N–H and O–H groups in total. The minimum atomic E-state index is 0. The summed E-state index contributed by atoms with van der Waals surface area (Å²) >= 11 is 0. The molecule has 7 heavy (non-hydrogen) atoms. The van der Waals surface area contributed by atoms with Crippen LogP contribution in [0.2, 0.25) is 0 Å². The van der Waals surface area contributed by atoms with E-state index in [-0.39, 0.29) is 7.43 Å². The van der Waals surface area contributed by atoms with Crippen LogP contribution in [0.4, 0.5) is 0 Å². The number of hydrogen-bond donors (Lipinski definition) is 2. The summed E-state index contributed by atoms with van der Waals surface area (Å²) in [5, 5.41) is 6.01. The Morgan fingerprint density at radius 2 is 1.29 bits per heavy atom. The number of rotatable bonds is 3. The first-order valence-electron chi connectivity index (χ1n) is 2.21. The topological polar surface area (TPSA) is 24.1 Å². The number of hydrogen-bond acceptors (Lipinski definition) is 2. The molecule has 0 aromatic carbocycles. The van der Waals surface area contributed by atoms with Crippen LogP contribution >= 0.6 is 0 Å². The summed E-state index contributed by atoms with van der Waals surface area (Å²) in [5.41, 5.74) is 0. The van der Waals surface area contributed by atoms with E-state index in [0.717, 1.165) is 13.1 Å². The molecule has 0 heterocycles. The van der Waals surface area contributed by atoms with Gasteiger partial charge in [0, 0.05) is 13.1 Å². The lowest BCUT2D eigenvalue weighted by molar-refractivity contribution is 0.718. The predicted molar refractivity (Wildman–Crippen MR) is 34.6 cm³/mol. The molecule has 0 unspecified atom stereocenters. The lowest BCUT2D eigenvalue weighted by Gasteiger charge is -1.92. The van der Waals surface area contributed by atoms with Crippen molar-refractivity contribution in [2.45, 2.75) is 7.43 Å². The fourth-order valence-electron chi connectivity index (χ4n) is 0.250. The Bertz CT molecular complexity index is 18.0. The van der Waals surface area contributed by atoms with Crippen molar-refractivity contribution in [2.75, 3.05) is 27.2 Å². The van der Waals surface area contributed by atoms with E-state index < -0.39 is 0 Å². The van der Waals surface area contributed by atoms with Gasteiger partial charge in [-0.05, 0) is 14.1 Å². The third kappa shape index (κ3) is 10.7. The molecule has 0 aliphatic carbocycles. The molecule has 0 atom stereocenters. The van der Waals surface area contributed by atoms with E-state index in [0.29, 0.717) is 0 Å². The molecule has 0 spiro atoms. The van der Waals surface area contributed by atoms with Gasteiger partial charge in [-0.3, -0.25) is 0 Å². The molecular formula is C5H16N2. The molecule has 0 fully saturated rings. The van der Waals surface area contributed by atoms with Gasteiger partial charge in [-0.2, -0.15) is 0 Å². The average Bonchev–Trinajstić information content (AvgIpc) is 1.61. The molecule has 0 radical (unpaired) electrons. The summed E-state index contributed by atoms with van der Waals surface area (Å²) < 4.78 is 0. The van der Waals surface area contributed by atoms with Crippen LogP contribution in [-0.2, 0) is 0 Å². The van der Waals surface area contributed by atoms with Gasteiger partial charge in [-0.15, -0.1) is 0 Å². The van der Waals surface area contributed by atoms with Gasteiger partial charge in [0.2, 0.25) is 0 Å². The smallest absolute Gasteiger partial charge is 0.00736 e. The summed E-state index contributed by atoms with van der Waals surface area (Å²) in [6, 6.07) is 0. The van der Waals surface area contributed by atoms with Crippen molar-refractivity contribution < 1.29 is 0 Å². The Morgan fingerprint density at radius 3 is 1.43 bits per heavy atom. The highest BCUT2D eigenvalue weighted by atomic mass is 14.9. The van der Waals surface area contributed by atoms with Gasteiger partial charge in [0.05, 0.1) is 0 Å². The highest BCUT2D eigenvalue weighted by Gasteiger charge is 1.70. The largest absolute Gasteiger partial charge is 0.318 e. The maximum absolute atomic E-state index is 3.01. The summed E-state index contributed by atoms with van der Waals surface area (Å²) in [6.07, 6.45) is 0. The minimum Gasteiger partial charge on any atom is -0.318 e. The zero-order chi connectivity index (χ0) is 4.83. The molecule has 0 aliphatic rings. The van der Waals surface area contributed by atoms with Crippen LogP contribution in [0.1, 0.15) is 7.43 Å². The van der Waals surface area contributed by atoms with E-state index in [1.165, 1.54) is 0 Å². The molecule has 0 aromatic heterocycles.